The average molecular weight is 278 g/mol. The number of rotatable bonds is 8. The fourth-order valence-electron chi connectivity index (χ4n) is 1.92. The van der Waals surface area contributed by atoms with Crippen LogP contribution in [0.1, 0.15) is 30.0 Å². The first-order chi connectivity index (χ1) is 9.54. The van der Waals surface area contributed by atoms with E-state index in [-0.39, 0.29) is 0 Å². The van der Waals surface area contributed by atoms with E-state index in [1.165, 1.54) is 0 Å². The van der Waals surface area contributed by atoms with Crippen LogP contribution < -0.4 is 4.74 Å². The van der Waals surface area contributed by atoms with E-state index in [0.717, 1.165) is 41.5 Å². The van der Waals surface area contributed by atoms with Crippen LogP contribution in [0, 0.1) is 13.8 Å². The first-order valence-electron chi connectivity index (χ1n) is 6.77. The first kappa shape index (κ1) is 16.2. The molecule has 110 valence electrons. The van der Waals surface area contributed by atoms with Crippen LogP contribution in [-0.2, 0) is 9.53 Å². The molecule has 4 nitrogen and oxygen atoms in total. The number of benzene rings is 1. The van der Waals surface area contributed by atoms with Gasteiger partial charge >= 0.3 is 5.97 Å². The normalized spacial score (nSPS) is 10.9. The van der Waals surface area contributed by atoms with E-state index in [1.807, 2.05) is 26.0 Å². The summed E-state index contributed by atoms with van der Waals surface area (Å²) in [5.41, 5.74) is 2.84. The number of hydrogen-bond acceptors (Lipinski definition) is 3. The summed E-state index contributed by atoms with van der Waals surface area (Å²) in [5, 5.41) is 8.63. The van der Waals surface area contributed by atoms with Gasteiger partial charge in [-0.05, 0) is 55.2 Å². The van der Waals surface area contributed by atoms with E-state index in [4.69, 9.17) is 14.6 Å². The summed E-state index contributed by atoms with van der Waals surface area (Å²) in [6, 6.07) is 3.82. The van der Waals surface area contributed by atoms with Crippen molar-refractivity contribution in [1.29, 1.82) is 0 Å². The Bertz CT molecular complexity index is 454. The van der Waals surface area contributed by atoms with E-state index in [1.54, 1.807) is 6.08 Å². The SMILES string of the molecule is CCCOCCOc1c(C)cc(/C=C/C(=O)O)cc1C. The highest BCUT2D eigenvalue weighted by Gasteiger charge is 2.05. The van der Waals surface area contributed by atoms with Crippen molar-refractivity contribution >= 4 is 12.0 Å². The summed E-state index contributed by atoms with van der Waals surface area (Å²) >= 11 is 0. The second-order valence-electron chi connectivity index (χ2n) is 4.62. The number of ether oxygens (including phenoxy) is 2. The van der Waals surface area contributed by atoms with E-state index in [0.29, 0.717) is 13.2 Å². The summed E-state index contributed by atoms with van der Waals surface area (Å²) in [4.78, 5) is 10.5. The lowest BCUT2D eigenvalue weighted by molar-refractivity contribution is -0.131. The second kappa shape index (κ2) is 8.38. The van der Waals surface area contributed by atoms with Crippen molar-refractivity contribution in [2.75, 3.05) is 19.8 Å². The fourth-order valence-corrected chi connectivity index (χ4v) is 1.92. The lowest BCUT2D eigenvalue weighted by Gasteiger charge is -2.13. The largest absolute Gasteiger partial charge is 0.491 e. The predicted octanol–water partition coefficient (Wildman–Crippen LogP) is 3.21. The third-order valence-electron chi connectivity index (χ3n) is 2.72. The first-order valence-corrected chi connectivity index (χ1v) is 6.77. The maximum absolute atomic E-state index is 10.5. The topological polar surface area (TPSA) is 55.8 Å². The molecule has 1 rings (SSSR count). The molecule has 0 fully saturated rings. The number of carbonyl (C=O) groups is 1. The predicted molar refractivity (Wildman–Crippen MR) is 79.2 cm³/mol. The summed E-state index contributed by atoms with van der Waals surface area (Å²) in [6.07, 6.45) is 3.71. The Kier molecular flexibility index (Phi) is 6.81. The zero-order chi connectivity index (χ0) is 15.0. The maximum Gasteiger partial charge on any atom is 0.328 e. The highest BCUT2D eigenvalue weighted by atomic mass is 16.5. The molecule has 0 unspecified atom stereocenters. The van der Waals surface area contributed by atoms with Crippen molar-refractivity contribution < 1.29 is 19.4 Å². The van der Waals surface area contributed by atoms with Gasteiger partial charge in [-0.2, -0.15) is 0 Å². The lowest BCUT2D eigenvalue weighted by Crippen LogP contribution is -2.08. The zero-order valence-electron chi connectivity index (χ0n) is 12.3. The standard InChI is InChI=1S/C16H22O4/c1-4-7-19-8-9-20-16-12(2)10-14(11-13(16)3)5-6-15(17)18/h5-6,10-11H,4,7-9H2,1-3H3,(H,17,18)/b6-5+. The van der Waals surface area contributed by atoms with Crippen molar-refractivity contribution in [3.63, 3.8) is 0 Å². The minimum Gasteiger partial charge on any atom is -0.491 e. The molecule has 0 saturated carbocycles. The highest BCUT2D eigenvalue weighted by Crippen LogP contribution is 2.25. The Morgan fingerprint density at radius 1 is 1.20 bits per heavy atom. The van der Waals surface area contributed by atoms with E-state index in [9.17, 15) is 4.79 Å². The van der Waals surface area contributed by atoms with Crippen LogP contribution in [-0.4, -0.2) is 30.9 Å². The van der Waals surface area contributed by atoms with Gasteiger partial charge in [0.05, 0.1) is 6.61 Å². The van der Waals surface area contributed by atoms with Gasteiger partial charge in [0.25, 0.3) is 0 Å². The molecule has 0 aliphatic rings. The summed E-state index contributed by atoms with van der Waals surface area (Å²) in [6.45, 7) is 7.82. The minimum absolute atomic E-state index is 0.520. The molecule has 4 heteroatoms. The highest BCUT2D eigenvalue weighted by molar-refractivity contribution is 5.85. The van der Waals surface area contributed by atoms with Crippen LogP contribution in [0.5, 0.6) is 5.75 Å². The van der Waals surface area contributed by atoms with Gasteiger partial charge in [-0.1, -0.05) is 6.92 Å². The molecular weight excluding hydrogens is 256 g/mol. The monoisotopic (exact) mass is 278 g/mol. The van der Waals surface area contributed by atoms with Crippen molar-refractivity contribution in [2.45, 2.75) is 27.2 Å². The molecule has 1 N–H and O–H groups in total. The molecule has 0 bridgehead atoms. The van der Waals surface area contributed by atoms with Crippen molar-refractivity contribution in [3.05, 3.63) is 34.9 Å². The molecule has 1 aromatic carbocycles. The Balaban J connectivity index is 2.66. The Morgan fingerprint density at radius 2 is 1.85 bits per heavy atom. The van der Waals surface area contributed by atoms with Crippen LogP contribution >= 0.6 is 0 Å². The Morgan fingerprint density at radius 3 is 2.40 bits per heavy atom. The summed E-state index contributed by atoms with van der Waals surface area (Å²) in [7, 11) is 0. The summed E-state index contributed by atoms with van der Waals surface area (Å²) < 4.78 is 11.1. The van der Waals surface area contributed by atoms with Gasteiger partial charge in [0, 0.05) is 12.7 Å². The van der Waals surface area contributed by atoms with Crippen LogP contribution in [0.25, 0.3) is 6.08 Å². The summed E-state index contributed by atoms with van der Waals surface area (Å²) in [5.74, 6) is -0.105. The smallest absolute Gasteiger partial charge is 0.328 e. The molecule has 0 aliphatic carbocycles. The number of hydrogen-bond donors (Lipinski definition) is 1. The van der Waals surface area contributed by atoms with Crippen LogP contribution in [0.3, 0.4) is 0 Å². The van der Waals surface area contributed by atoms with Crippen LogP contribution in [0.15, 0.2) is 18.2 Å². The second-order valence-corrected chi connectivity index (χ2v) is 4.62. The molecule has 20 heavy (non-hydrogen) atoms. The lowest BCUT2D eigenvalue weighted by atomic mass is 10.1. The van der Waals surface area contributed by atoms with Gasteiger partial charge in [-0.15, -0.1) is 0 Å². The van der Waals surface area contributed by atoms with Crippen molar-refractivity contribution in [1.82, 2.24) is 0 Å². The molecule has 0 radical (unpaired) electrons. The Labute approximate surface area is 120 Å². The van der Waals surface area contributed by atoms with E-state index in [2.05, 4.69) is 6.92 Å². The van der Waals surface area contributed by atoms with Gasteiger partial charge in [0.2, 0.25) is 0 Å². The molecule has 0 aliphatic heterocycles. The number of carboxylic acid groups (broad SMARTS) is 1. The molecule has 0 heterocycles. The molecular formula is C16H22O4. The van der Waals surface area contributed by atoms with Gasteiger partial charge in [0.1, 0.15) is 12.4 Å². The zero-order valence-corrected chi connectivity index (χ0v) is 12.3. The minimum atomic E-state index is -0.950. The molecule has 0 saturated heterocycles. The molecule has 1 aromatic rings. The molecule has 0 atom stereocenters. The number of aryl methyl sites for hydroxylation is 2. The number of carboxylic acids is 1. The van der Waals surface area contributed by atoms with Gasteiger partial charge in [-0.25, -0.2) is 4.79 Å². The van der Waals surface area contributed by atoms with Crippen LogP contribution in [0.2, 0.25) is 0 Å². The third-order valence-corrected chi connectivity index (χ3v) is 2.72. The van der Waals surface area contributed by atoms with Gasteiger partial charge in [0.15, 0.2) is 0 Å². The Hall–Kier alpha value is -1.81. The van der Waals surface area contributed by atoms with Crippen LogP contribution in [0.4, 0.5) is 0 Å². The van der Waals surface area contributed by atoms with Crippen molar-refractivity contribution in [3.8, 4) is 5.75 Å². The van der Waals surface area contributed by atoms with Gasteiger partial charge < -0.3 is 14.6 Å². The fraction of sp³-hybridized carbons (Fsp3) is 0.438. The quantitative estimate of drug-likeness (QED) is 0.586. The third kappa shape index (κ3) is 5.45. The van der Waals surface area contributed by atoms with E-state index >= 15 is 0 Å². The van der Waals surface area contributed by atoms with Crippen molar-refractivity contribution in [2.24, 2.45) is 0 Å². The van der Waals surface area contributed by atoms with E-state index < -0.39 is 5.97 Å². The molecule has 0 spiro atoms. The molecule has 0 amide bonds. The number of aliphatic carboxylic acids is 1. The van der Waals surface area contributed by atoms with Gasteiger partial charge in [-0.3, -0.25) is 0 Å². The average Bonchev–Trinajstić information content (AvgIpc) is 2.38. The maximum atomic E-state index is 10.5. The molecule has 0 aromatic heterocycles.